The van der Waals surface area contributed by atoms with Crippen molar-refractivity contribution in [3.05, 3.63) is 22.9 Å². The largest absolute Gasteiger partial charge is 0.444 e. The van der Waals surface area contributed by atoms with Gasteiger partial charge < -0.3 is 15.0 Å². The Bertz CT molecular complexity index is 488. The zero-order chi connectivity index (χ0) is 14.8. The summed E-state index contributed by atoms with van der Waals surface area (Å²) >= 11 is 3.39. The van der Waals surface area contributed by atoms with Crippen molar-refractivity contribution in [1.82, 2.24) is 9.88 Å². The molecule has 1 aliphatic rings. The Kier molecular flexibility index (Phi) is 4.52. The molecule has 0 aliphatic carbocycles. The number of pyridine rings is 1. The van der Waals surface area contributed by atoms with Crippen LogP contribution in [0.15, 0.2) is 22.9 Å². The summed E-state index contributed by atoms with van der Waals surface area (Å²) in [5, 5.41) is 3.39. The van der Waals surface area contributed by atoms with E-state index in [9.17, 15) is 4.79 Å². The molecular formula is C14H20BrN3O2. The minimum absolute atomic E-state index is 0.235. The quantitative estimate of drug-likeness (QED) is 0.896. The number of likely N-dealkylation sites (tertiary alicyclic amines) is 1. The number of anilines is 1. The van der Waals surface area contributed by atoms with Gasteiger partial charge in [-0.3, -0.25) is 4.98 Å². The molecule has 110 valence electrons. The summed E-state index contributed by atoms with van der Waals surface area (Å²) in [5.41, 5.74) is 0.506. The van der Waals surface area contributed by atoms with Gasteiger partial charge in [0.2, 0.25) is 0 Å². The first-order valence-corrected chi connectivity index (χ1v) is 7.48. The number of aromatic nitrogens is 1. The molecule has 1 fully saturated rings. The first kappa shape index (κ1) is 15.1. The fraction of sp³-hybridized carbons (Fsp3) is 0.571. The van der Waals surface area contributed by atoms with E-state index in [0.29, 0.717) is 13.1 Å². The predicted molar refractivity (Wildman–Crippen MR) is 81.8 cm³/mol. The van der Waals surface area contributed by atoms with Crippen LogP contribution in [-0.4, -0.2) is 40.7 Å². The Morgan fingerprint density at radius 2 is 2.25 bits per heavy atom. The third-order valence-corrected chi connectivity index (χ3v) is 3.35. The van der Waals surface area contributed by atoms with Crippen molar-refractivity contribution in [2.75, 3.05) is 18.4 Å². The second-order valence-corrected chi connectivity index (χ2v) is 6.86. The molecule has 0 spiro atoms. The molecule has 1 aromatic heterocycles. The number of ether oxygens (including phenoxy) is 1. The van der Waals surface area contributed by atoms with Crippen molar-refractivity contribution >= 4 is 27.7 Å². The van der Waals surface area contributed by atoms with Gasteiger partial charge in [-0.1, -0.05) is 0 Å². The molecule has 2 heterocycles. The summed E-state index contributed by atoms with van der Waals surface area (Å²) in [6.07, 6.45) is 4.19. The van der Waals surface area contributed by atoms with Gasteiger partial charge in [0.25, 0.3) is 0 Å². The number of hydrogen-bond donors (Lipinski definition) is 1. The molecule has 6 heteroatoms. The van der Waals surface area contributed by atoms with Crippen LogP contribution in [0.4, 0.5) is 10.5 Å². The summed E-state index contributed by atoms with van der Waals surface area (Å²) in [6.45, 7) is 7.01. The molecule has 0 radical (unpaired) electrons. The lowest BCUT2D eigenvalue weighted by Crippen LogP contribution is -2.36. The van der Waals surface area contributed by atoms with Gasteiger partial charge >= 0.3 is 6.09 Å². The van der Waals surface area contributed by atoms with Gasteiger partial charge in [-0.25, -0.2) is 4.79 Å². The minimum atomic E-state index is -0.448. The van der Waals surface area contributed by atoms with E-state index in [0.717, 1.165) is 16.6 Å². The molecule has 1 aromatic rings. The summed E-state index contributed by atoms with van der Waals surface area (Å²) in [5.74, 6) is 0. The Balaban J connectivity index is 1.88. The van der Waals surface area contributed by atoms with Crippen molar-refractivity contribution in [1.29, 1.82) is 0 Å². The van der Waals surface area contributed by atoms with Crippen LogP contribution in [0.1, 0.15) is 27.2 Å². The molecule has 2 rings (SSSR count). The number of carbonyl (C=O) groups excluding carboxylic acids is 1. The smallest absolute Gasteiger partial charge is 0.410 e. The van der Waals surface area contributed by atoms with Gasteiger partial charge in [0.15, 0.2) is 0 Å². The lowest BCUT2D eigenvalue weighted by molar-refractivity contribution is 0.0293. The second-order valence-electron chi connectivity index (χ2n) is 5.95. The highest BCUT2D eigenvalue weighted by atomic mass is 79.9. The van der Waals surface area contributed by atoms with Gasteiger partial charge in [-0.2, -0.15) is 0 Å². The van der Waals surface area contributed by atoms with Crippen molar-refractivity contribution in [3.63, 3.8) is 0 Å². The van der Waals surface area contributed by atoms with Gasteiger partial charge in [0.05, 0.1) is 11.9 Å². The van der Waals surface area contributed by atoms with Crippen LogP contribution in [0.5, 0.6) is 0 Å². The van der Waals surface area contributed by atoms with E-state index in [-0.39, 0.29) is 12.1 Å². The molecule has 1 saturated heterocycles. The van der Waals surface area contributed by atoms with Crippen LogP contribution in [0.25, 0.3) is 0 Å². The molecule has 1 N–H and O–H groups in total. The minimum Gasteiger partial charge on any atom is -0.444 e. The zero-order valence-corrected chi connectivity index (χ0v) is 13.6. The maximum absolute atomic E-state index is 12.0. The fourth-order valence-electron chi connectivity index (χ4n) is 2.10. The number of carbonyl (C=O) groups is 1. The van der Waals surface area contributed by atoms with E-state index in [1.165, 1.54) is 0 Å². The molecule has 1 aliphatic heterocycles. The highest BCUT2D eigenvalue weighted by Gasteiger charge is 2.29. The normalized spacial score (nSPS) is 19.0. The summed E-state index contributed by atoms with van der Waals surface area (Å²) in [6, 6.07) is 2.21. The van der Waals surface area contributed by atoms with Crippen LogP contribution in [0.2, 0.25) is 0 Å². The van der Waals surface area contributed by atoms with Crippen molar-refractivity contribution < 1.29 is 9.53 Å². The van der Waals surface area contributed by atoms with Crippen molar-refractivity contribution in [2.24, 2.45) is 0 Å². The number of nitrogens with one attached hydrogen (secondary N) is 1. The average Bonchev–Trinajstić information content (AvgIpc) is 2.75. The monoisotopic (exact) mass is 341 g/mol. The fourth-order valence-corrected chi connectivity index (χ4v) is 2.46. The van der Waals surface area contributed by atoms with E-state index in [2.05, 4.69) is 26.2 Å². The zero-order valence-electron chi connectivity index (χ0n) is 12.0. The highest BCUT2D eigenvalue weighted by molar-refractivity contribution is 9.10. The number of nitrogens with zero attached hydrogens (tertiary/aromatic N) is 2. The molecule has 5 nitrogen and oxygen atoms in total. The molecule has 0 bridgehead atoms. The van der Waals surface area contributed by atoms with E-state index in [4.69, 9.17) is 4.74 Å². The van der Waals surface area contributed by atoms with Crippen molar-refractivity contribution in [2.45, 2.75) is 38.8 Å². The van der Waals surface area contributed by atoms with E-state index in [1.807, 2.05) is 26.8 Å². The lowest BCUT2D eigenvalue weighted by atomic mass is 10.2. The van der Waals surface area contributed by atoms with Gasteiger partial charge in [-0.05, 0) is 49.2 Å². The number of rotatable bonds is 2. The predicted octanol–water partition coefficient (Wildman–Crippen LogP) is 3.27. The number of halogens is 1. The molecule has 1 amide bonds. The Morgan fingerprint density at radius 1 is 1.50 bits per heavy atom. The maximum Gasteiger partial charge on any atom is 0.410 e. The van der Waals surface area contributed by atoms with Crippen LogP contribution in [0.3, 0.4) is 0 Å². The van der Waals surface area contributed by atoms with E-state index >= 15 is 0 Å². The first-order valence-electron chi connectivity index (χ1n) is 6.68. The van der Waals surface area contributed by atoms with Gasteiger partial charge in [-0.15, -0.1) is 0 Å². The molecule has 20 heavy (non-hydrogen) atoms. The Labute approximate surface area is 127 Å². The second kappa shape index (κ2) is 5.99. The summed E-state index contributed by atoms with van der Waals surface area (Å²) in [4.78, 5) is 17.8. The van der Waals surface area contributed by atoms with Crippen molar-refractivity contribution in [3.8, 4) is 0 Å². The third kappa shape index (κ3) is 4.37. The van der Waals surface area contributed by atoms with E-state index < -0.39 is 5.60 Å². The van der Waals surface area contributed by atoms with Gasteiger partial charge in [0, 0.05) is 29.8 Å². The first-order chi connectivity index (χ1) is 9.33. The molecule has 0 unspecified atom stereocenters. The molecule has 0 saturated carbocycles. The number of amides is 1. The van der Waals surface area contributed by atoms with Crippen LogP contribution in [-0.2, 0) is 4.74 Å². The lowest BCUT2D eigenvalue weighted by Gasteiger charge is -2.24. The van der Waals surface area contributed by atoms with Gasteiger partial charge in [0.1, 0.15) is 5.60 Å². The topological polar surface area (TPSA) is 54.5 Å². The molecule has 0 aromatic carbocycles. The standard InChI is InChI=1S/C14H20BrN3O2/c1-14(2,3)20-13(19)18-5-4-11(9-18)17-12-6-10(15)7-16-8-12/h6-8,11,17H,4-5,9H2,1-3H3/t11-/m1/s1. The maximum atomic E-state index is 12.0. The van der Waals surface area contributed by atoms with Crippen LogP contribution < -0.4 is 5.32 Å². The Hall–Kier alpha value is -1.30. The van der Waals surface area contributed by atoms with E-state index in [1.54, 1.807) is 17.3 Å². The summed E-state index contributed by atoms with van der Waals surface area (Å²) in [7, 11) is 0. The molecule has 1 atom stereocenters. The Morgan fingerprint density at radius 3 is 2.90 bits per heavy atom. The molecular weight excluding hydrogens is 322 g/mol. The SMILES string of the molecule is CC(C)(C)OC(=O)N1CC[C@@H](Nc2cncc(Br)c2)C1. The number of hydrogen-bond acceptors (Lipinski definition) is 4. The average molecular weight is 342 g/mol. The highest BCUT2D eigenvalue weighted by Crippen LogP contribution is 2.20. The summed E-state index contributed by atoms with van der Waals surface area (Å²) < 4.78 is 6.31. The third-order valence-electron chi connectivity index (χ3n) is 2.92. The van der Waals surface area contributed by atoms with Crippen LogP contribution >= 0.6 is 15.9 Å². The van der Waals surface area contributed by atoms with Crippen LogP contribution in [0, 0.1) is 0 Å².